The van der Waals surface area contributed by atoms with Crippen molar-refractivity contribution in [2.24, 2.45) is 0 Å². The standard InChI is InChI=1S/C12H15IN2/c13-9-2-5-12-11(8-9)14-6-1-7-15(12)10-3-4-10/h2,5,8,10,14H,1,3-4,6-7H2. The van der Waals surface area contributed by atoms with Crippen LogP contribution in [0.4, 0.5) is 11.4 Å². The quantitative estimate of drug-likeness (QED) is 0.802. The number of fused-ring (bicyclic) bond motifs is 1. The van der Waals surface area contributed by atoms with Crippen molar-refractivity contribution in [3.63, 3.8) is 0 Å². The molecular formula is C12H15IN2. The maximum atomic E-state index is 3.53. The van der Waals surface area contributed by atoms with Gasteiger partial charge in [-0.1, -0.05) is 0 Å². The zero-order valence-electron chi connectivity index (χ0n) is 8.67. The molecule has 0 bridgehead atoms. The molecule has 80 valence electrons. The Morgan fingerprint density at radius 1 is 1.33 bits per heavy atom. The molecule has 0 radical (unpaired) electrons. The summed E-state index contributed by atoms with van der Waals surface area (Å²) in [6.07, 6.45) is 4.01. The molecule has 1 aromatic rings. The van der Waals surface area contributed by atoms with Crippen molar-refractivity contribution in [1.29, 1.82) is 0 Å². The fourth-order valence-corrected chi connectivity index (χ4v) is 2.75. The van der Waals surface area contributed by atoms with Crippen molar-refractivity contribution in [2.75, 3.05) is 23.3 Å². The molecule has 1 fully saturated rings. The predicted molar refractivity (Wildman–Crippen MR) is 72.6 cm³/mol. The van der Waals surface area contributed by atoms with Gasteiger partial charge in [0.25, 0.3) is 0 Å². The van der Waals surface area contributed by atoms with Gasteiger partial charge in [-0.15, -0.1) is 0 Å². The first-order valence-electron chi connectivity index (χ1n) is 5.65. The number of benzene rings is 1. The van der Waals surface area contributed by atoms with Crippen molar-refractivity contribution in [3.05, 3.63) is 21.8 Å². The van der Waals surface area contributed by atoms with Gasteiger partial charge in [-0.25, -0.2) is 0 Å². The third-order valence-electron chi connectivity index (χ3n) is 3.15. The minimum absolute atomic E-state index is 0.823. The third kappa shape index (κ3) is 1.94. The molecule has 0 aromatic heterocycles. The summed E-state index contributed by atoms with van der Waals surface area (Å²) in [7, 11) is 0. The Hall–Kier alpha value is -0.450. The van der Waals surface area contributed by atoms with Gasteiger partial charge in [-0.05, 0) is 60.1 Å². The summed E-state index contributed by atoms with van der Waals surface area (Å²) in [6, 6.07) is 7.57. The first-order valence-corrected chi connectivity index (χ1v) is 6.72. The van der Waals surface area contributed by atoms with Crippen molar-refractivity contribution >= 4 is 34.0 Å². The molecule has 0 saturated heterocycles. The molecule has 0 atom stereocenters. The van der Waals surface area contributed by atoms with Crippen molar-refractivity contribution in [2.45, 2.75) is 25.3 Å². The lowest BCUT2D eigenvalue weighted by molar-refractivity contribution is 0.760. The smallest absolute Gasteiger partial charge is 0.0605 e. The van der Waals surface area contributed by atoms with Crippen LogP contribution in [0.3, 0.4) is 0 Å². The molecule has 1 N–H and O–H groups in total. The Balaban J connectivity index is 2.00. The average Bonchev–Trinajstić information content (AvgIpc) is 3.01. The second kappa shape index (κ2) is 3.85. The van der Waals surface area contributed by atoms with E-state index in [0.29, 0.717) is 0 Å². The van der Waals surface area contributed by atoms with Gasteiger partial charge >= 0.3 is 0 Å². The maximum absolute atomic E-state index is 3.53. The summed E-state index contributed by atoms with van der Waals surface area (Å²) in [5.74, 6) is 0. The lowest BCUT2D eigenvalue weighted by Crippen LogP contribution is -2.26. The van der Waals surface area contributed by atoms with Crippen LogP contribution in [0.15, 0.2) is 18.2 Å². The fraction of sp³-hybridized carbons (Fsp3) is 0.500. The Morgan fingerprint density at radius 2 is 2.20 bits per heavy atom. The van der Waals surface area contributed by atoms with Crippen LogP contribution >= 0.6 is 22.6 Å². The summed E-state index contributed by atoms with van der Waals surface area (Å²) < 4.78 is 1.32. The number of nitrogens with one attached hydrogen (secondary N) is 1. The van der Waals surface area contributed by atoms with E-state index < -0.39 is 0 Å². The number of rotatable bonds is 1. The number of nitrogens with zero attached hydrogens (tertiary/aromatic N) is 1. The molecule has 1 aliphatic heterocycles. The van der Waals surface area contributed by atoms with Crippen LogP contribution in [0.5, 0.6) is 0 Å². The van der Waals surface area contributed by atoms with E-state index in [1.807, 2.05) is 0 Å². The Kier molecular flexibility index (Phi) is 2.50. The molecule has 1 aliphatic carbocycles. The van der Waals surface area contributed by atoms with E-state index in [9.17, 15) is 0 Å². The zero-order valence-corrected chi connectivity index (χ0v) is 10.8. The summed E-state index contributed by atoms with van der Waals surface area (Å²) in [5, 5.41) is 3.53. The normalized spacial score (nSPS) is 20.5. The molecule has 2 nitrogen and oxygen atoms in total. The van der Waals surface area contributed by atoms with E-state index in [-0.39, 0.29) is 0 Å². The third-order valence-corrected chi connectivity index (χ3v) is 3.82. The maximum Gasteiger partial charge on any atom is 0.0605 e. The Bertz CT molecular complexity index is 374. The SMILES string of the molecule is Ic1ccc2c(c1)NCCCN2C1CC1. The van der Waals surface area contributed by atoms with Crippen LogP contribution in [-0.4, -0.2) is 19.1 Å². The van der Waals surface area contributed by atoms with Gasteiger partial charge < -0.3 is 10.2 Å². The highest BCUT2D eigenvalue weighted by molar-refractivity contribution is 14.1. The average molecular weight is 314 g/mol. The Labute approximate surface area is 104 Å². The van der Waals surface area contributed by atoms with Crippen LogP contribution in [-0.2, 0) is 0 Å². The predicted octanol–water partition coefficient (Wildman–Crippen LogP) is 3.08. The molecular weight excluding hydrogens is 299 g/mol. The highest BCUT2D eigenvalue weighted by atomic mass is 127. The number of halogens is 1. The summed E-state index contributed by atoms with van der Waals surface area (Å²) in [4.78, 5) is 2.59. The fourth-order valence-electron chi connectivity index (χ4n) is 2.26. The Morgan fingerprint density at radius 3 is 3.00 bits per heavy atom. The van der Waals surface area contributed by atoms with Crippen LogP contribution < -0.4 is 10.2 Å². The largest absolute Gasteiger partial charge is 0.383 e. The first kappa shape index (κ1) is 9.75. The molecule has 0 amide bonds. The van der Waals surface area contributed by atoms with Gasteiger partial charge in [0.2, 0.25) is 0 Å². The molecule has 1 saturated carbocycles. The topological polar surface area (TPSA) is 15.3 Å². The molecule has 3 heteroatoms. The van der Waals surface area contributed by atoms with Crippen molar-refractivity contribution in [3.8, 4) is 0 Å². The van der Waals surface area contributed by atoms with Crippen LogP contribution in [0.2, 0.25) is 0 Å². The van der Waals surface area contributed by atoms with E-state index in [0.717, 1.165) is 12.6 Å². The number of anilines is 2. The molecule has 15 heavy (non-hydrogen) atoms. The van der Waals surface area contributed by atoms with E-state index in [1.165, 1.54) is 40.8 Å². The number of hydrogen-bond acceptors (Lipinski definition) is 2. The molecule has 3 rings (SSSR count). The lowest BCUT2D eigenvalue weighted by atomic mass is 10.2. The van der Waals surface area contributed by atoms with E-state index in [4.69, 9.17) is 0 Å². The molecule has 1 aromatic carbocycles. The van der Waals surface area contributed by atoms with Gasteiger partial charge in [-0.2, -0.15) is 0 Å². The molecule has 0 spiro atoms. The van der Waals surface area contributed by atoms with E-state index in [2.05, 4.69) is 51.0 Å². The van der Waals surface area contributed by atoms with E-state index >= 15 is 0 Å². The number of hydrogen-bond donors (Lipinski definition) is 1. The minimum Gasteiger partial charge on any atom is -0.383 e. The van der Waals surface area contributed by atoms with Crippen molar-refractivity contribution < 1.29 is 0 Å². The lowest BCUT2D eigenvalue weighted by Gasteiger charge is -2.24. The highest BCUT2D eigenvalue weighted by Crippen LogP contribution is 2.37. The summed E-state index contributed by atoms with van der Waals surface area (Å²) >= 11 is 2.38. The van der Waals surface area contributed by atoms with Crippen LogP contribution in [0.1, 0.15) is 19.3 Å². The second-order valence-electron chi connectivity index (χ2n) is 4.37. The van der Waals surface area contributed by atoms with Crippen LogP contribution in [0, 0.1) is 3.57 Å². The minimum atomic E-state index is 0.823. The van der Waals surface area contributed by atoms with Gasteiger partial charge in [0.05, 0.1) is 11.4 Å². The van der Waals surface area contributed by atoms with Gasteiger partial charge in [-0.3, -0.25) is 0 Å². The van der Waals surface area contributed by atoms with Gasteiger partial charge in [0.15, 0.2) is 0 Å². The highest BCUT2D eigenvalue weighted by Gasteiger charge is 2.30. The van der Waals surface area contributed by atoms with Crippen LogP contribution in [0.25, 0.3) is 0 Å². The van der Waals surface area contributed by atoms with Crippen molar-refractivity contribution in [1.82, 2.24) is 0 Å². The summed E-state index contributed by atoms with van der Waals surface area (Å²) in [5.41, 5.74) is 2.74. The summed E-state index contributed by atoms with van der Waals surface area (Å²) in [6.45, 7) is 2.32. The first-order chi connectivity index (χ1) is 7.34. The second-order valence-corrected chi connectivity index (χ2v) is 5.61. The van der Waals surface area contributed by atoms with Gasteiger partial charge in [0, 0.05) is 22.7 Å². The monoisotopic (exact) mass is 314 g/mol. The molecule has 2 aliphatic rings. The molecule has 1 heterocycles. The zero-order chi connectivity index (χ0) is 10.3. The van der Waals surface area contributed by atoms with E-state index in [1.54, 1.807) is 0 Å². The van der Waals surface area contributed by atoms with Gasteiger partial charge in [0.1, 0.15) is 0 Å². The molecule has 0 unspecified atom stereocenters.